The molecule has 0 radical (unpaired) electrons. The van der Waals surface area contributed by atoms with E-state index < -0.39 is 6.17 Å². The normalized spacial score (nSPS) is 24.3. The molecule has 2 atom stereocenters. The molecule has 2 rings (SSSR count). The van der Waals surface area contributed by atoms with E-state index in [1.807, 2.05) is 0 Å². The van der Waals surface area contributed by atoms with Gasteiger partial charge in [0, 0.05) is 11.5 Å². The van der Waals surface area contributed by atoms with Crippen molar-refractivity contribution in [3.8, 4) is 0 Å². The van der Waals surface area contributed by atoms with E-state index in [1.54, 1.807) is 6.92 Å². The van der Waals surface area contributed by atoms with Crippen molar-refractivity contribution in [2.75, 3.05) is 13.2 Å². The number of halogens is 1. The molecular formula is C20H31FO2. The second-order valence-corrected chi connectivity index (χ2v) is 6.94. The Morgan fingerprint density at radius 1 is 1.09 bits per heavy atom. The molecule has 2 unspecified atom stereocenters. The van der Waals surface area contributed by atoms with Crippen molar-refractivity contribution < 1.29 is 13.9 Å². The Balaban J connectivity index is 1.82. The van der Waals surface area contributed by atoms with Gasteiger partial charge in [-0.15, -0.1) is 0 Å². The van der Waals surface area contributed by atoms with Gasteiger partial charge < -0.3 is 9.47 Å². The fourth-order valence-corrected chi connectivity index (χ4v) is 3.19. The number of hydrogen-bond donors (Lipinski definition) is 0. The summed E-state index contributed by atoms with van der Waals surface area (Å²) in [7, 11) is 0. The van der Waals surface area contributed by atoms with Crippen LogP contribution in [0, 0.1) is 5.92 Å². The Bertz CT molecular complexity index is 435. The van der Waals surface area contributed by atoms with Crippen molar-refractivity contribution in [2.24, 2.45) is 5.92 Å². The van der Waals surface area contributed by atoms with E-state index in [0.29, 0.717) is 12.3 Å². The number of ether oxygens (including phenoxy) is 2. The second kappa shape index (κ2) is 9.39. The van der Waals surface area contributed by atoms with Crippen LogP contribution in [0.3, 0.4) is 0 Å². The van der Waals surface area contributed by atoms with Crippen molar-refractivity contribution in [1.82, 2.24) is 0 Å². The fourth-order valence-electron chi connectivity index (χ4n) is 3.19. The molecule has 23 heavy (non-hydrogen) atoms. The molecule has 0 saturated carbocycles. The Morgan fingerprint density at radius 2 is 1.74 bits per heavy atom. The molecular weight excluding hydrogens is 291 g/mol. The maximum absolute atomic E-state index is 13.1. The van der Waals surface area contributed by atoms with E-state index in [9.17, 15) is 4.39 Å². The SMILES string of the molecule is CCCCCC1COC(c2ccc(C(C)CC(C)F)cc2)OC1. The van der Waals surface area contributed by atoms with Crippen LogP contribution in [0.5, 0.6) is 0 Å². The van der Waals surface area contributed by atoms with Gasteiger partial charge in [0.05, 0.1) is 19.4 Å². The topological polar surface area (TPSA) is 18.5 Å². The van der Waals surface area contributed by atoms with E-state index in [-0.39, 0.29) is 12.2 Å². The molecule has 0 aliphatic carbocycles. The van der Waals surface area contributed by atoms with Gasteiger partial charge in [0.15, 0.2) is 6.29 Å². The minimum Gasteiger partial charge on any atom is -0.348 e. The summed E-state index contributed by atoms with van der Waals surface area (Å²) in [5.74, 6) is 0.767. The number of alkyl halides is 1. The lowest BCUT2D eigenvalue weighted by Gasteiger charge is -2.30. The van der Waals surface area contributed by atoms with E-state index >= 15 is 0 Å². The fraction of sp³-hybridized carbons (Fsp3) is 0.700. The summed E-state index contributed by atoms with van der Waals surface area (Å²) < 4.78 is 24.9. The van der Waals surface area contributed by atoms with E-state index in [2.05, 4.69) is 38.1 Å². The highest BCUT2D eigenvalue weighted by molar-refractivity contribution is 5.26. The highest BCUT2D eigenvalue weighted by atomic mass is 19.1. The second-order valence-electron chi connectivity index (χ2n) is 6.94. The summed E-state index contributed by atoms with van der Waals surface area (Å²) in [4.78, 5) is 0. The van der Waals surface area contributed by atoms with Gasteiger partial charge in [0.1, 0.15) is 0 Å². The molecule has 130 valence electrons. The predicted octanol–water partition coefficient (Wildman–Crippen LogP) is 5.78. The van der Waals surface area contributed by atoms with Crippen LogP contribution in [-0.4, -0.2) is 19.4 Å². The van der Waals surface area contributed by atoms with E-state index in [0.717, 1.165) is 18.8 Å². The molecule has 1 aromatic carbocycles. The summed E-state index contributed by atoms with van der Waals surface area (Å²) in [6, 6.07) is 8.25. The first kappa shape index (κ1) is 18.4. The van der Waals surface area contributed by atoms with Crippen molar-refractivity contribution in [3.05, 3.63) is 35.4 Å². The van der Waals surface area contributed by atoms with Gasteiger partial charge in [0.2, 0.25) is 0 Å². The van der Waals surface area contributed by atoms with Crippen molar-refractivity contribution >= 4 is 0 Å². The van der Waals surface area contributed by atoms with Crippen LogP contribution in [-0.2, 0) is 9.47 Å². The number of benzene rings is 1. The van der Waals surface area contributed by atoms with Crippen molar-refractivity contribution in [2.45, 2.75) is 71.3 Å². The zero-order valence-corrected chi connectivity index (χ0v) is 14.8. The third-order valence-corrected chi connectivity index (χ3v) is 4.64. The van der Waals surface area contributed by atoms with Crippen LogP contribution in [0.2, 0.25) is 0 Å². The van der Waals surface area contributed by atoms with Gasteiger partial charge in [-0.1, -0.05) is 57.4 Å². The molecule has 3 heteroatoms. The van der Waals surface area contributed by atoms with Crippen LogP contribution in [0.15, 0.2) is 24.3 Å². The summed E-state index contributed by atoms with van der Waals surface area (Å²) in [6.45, 7) is 7.48. The molecule has 0 aromatic heterocycles. The lowest BCUT2D eigenvalue weighted by atomic mass is 9.95. The zero-order valence-electron chi connectivity index (χ0n) is 14.8. The molecule has 0 amide bonds. The highest BCUT2D eigenvalue weighted by Gasteiger charge is 2.23. The first-order chi connectivity index (χ1) is 11.1. The zero-order chi connectivity index (χ0) is 16.7. The molecule has 1 saturated heterocycles. The smallest absolute Gasteiger partial charge is 0.183 e. The Hall–Kier alpha value is -0.930. The average Bonchev–Trinajstić information content (AvgIpc) is 2.55. The summed E-state index contributed by atoms with van der Waals surface area (Å²) in [6.07, 6.45) is 4.55. The molecule has 0 N–H and O–H groups in total. The molecule has 2 nitrogen and oxygen atoms in total. The van der Waals surface area contributed by atoms with Crippen LogP contribution in [0.1, 0.15) is 76.2 Å². The highest BCUT2D eigenvalue weighted by Crippen LogP contribution is 2.29. The van der Waals surface area contributed by atoms with Crippen LogP contribution < -0.4 is 0 Å². The Morgan fingerprint density at radius 3 is 2.30 bits per heavy atom. The Labute approximate surface area is 140 Å². The number of unbranched alkanes of at least 4 members (excludes halogenated alkanes) is 2. The van der Waals surface area contributed by atoms with Gasteiger partial charge >= 0.3 is 0 Å². The molecule has 1 aliphatic heterocycles. The predicted molar refractivity (Wildman–Crippen MR) is 92.3 cm³/mol. The molecule has 0 spiro atoms. The van der Waals surface area contributed by atoms with Gasteiger partial charge in [-0.05, 0) is 31.2 Å². The van der Waals surface area contributed by atoms with Crippen molar-refractivity contribution in [1.29, 1.82) is 0 Å². The lowest BCUT2D eigenvalue weighted by Crippen LogP contribution is -2.27. The average molecular weight is 322 g/mol. The molecule has 0 bridgehead atoms. The quantitative estimate of drug-likeness (QED) is 0.565. The minimum atomic E-state index is -0.765. The van der Waals surface area contributed by atoms with E-state index in [4.69, 9.17) is 9.47 Å². The molecule has 1 aliphatic rings. The van der Waals surface area contributed by atoms with Crippen LogP contribution in [0.25, 0.3) is 0 Å². The maximum Gasteiger partial charge on any atom is 0.183 e. The summed E-state index contributed by atoms with van der Waals surface area (Å²) in [5, 5.41) is 0. The first-order valence-corrected chi connectivity index (χ1v) is 9.07. The van der Waals surface area contributed by atoms with Crippen LogP contribution in [0.4, 0.5) is 4.39 Å². The standard InChI is InChI=1S/C20H31FO2/c1-4-5-6-7-17-13-22-20(23-14-17)19-10-8-18(9-11-19)15(2)12-16(3)21/h8-11,15-17,20H,4-7,12-14H2,1-3H3. The van der Waals surface area contributed by atoms with E-state index in [1.165, 1.54) is 31.2 Å². The number of hydrogen-bond acceptors (Lipinski definition) is 2. The van der Waals surface area contributed by atoms with Crippen molar-refractivity contribution in [3.63, 3.8) is 0 Å². The summed E-state index contributed by atoms with van der Waals surface area (Å²) in [5.41, 5.74) is 2.23. The lowest BCUT2D eigenvalue weighted by molar-refractivity contribution is -0.206. The van der Waals surface area contributed by atoms with Gasteiger partial charge in [-0.2, -0.15) is 0 Å². The minimum absolute atomic E-state index is 0.236. The van der Waals surface area contributed by atoms with Gasteiger partial charge in [0.25, 0.3) is 0 Å². The largest absolute Gasteiger partial charge is 0.348 e. The molecule has 1 aromatic rings. The maximum atomic E-state index is 13.1. The number of rotatable bonds is 8. The monoisotopic (exact) mass is 322 g/mol. The third kappa shape index (κ3) is 5.89. The summed E-state index contributed by atoms with van der Waals surface area (Å²) >= 11 is 0. The van der Waals surface area contributed by atoms with Crippen LogP contribution >= 0.6 is 0 Å². The third-order valence-electron chi connectivity index (χ3n) is 4.64. The van der Waals surface area contributed by atoms with Gasteiger partial charge in [-0.3, -0.25) is 0 Å². The molecule has 1 fully saturated rings. The Kier molecular flexibility index (Phi) is 7.51. The first-order valence-electron chi connectivity index (χ1n) is 9.07. The van der Waals surface area contributed by atoms with Gasteiger partial charge in [-0.25, -0.2) is 4.39 Å². The molecule has 1 heterocycles.